The molecule has 132 valence electrons. The van der Waals surface area contributed by atoms with Crippen LogP contribution in [0.2, 0.25) is 0 Å². The summed E-state index contributed by atoms with van der Waals surface area (Å²) in [4.78, 5) is 0. The fraction of sp³-hybridized carbons (Fsp3) is 0.261. The smallest absolute Gasteiger partial charge is 0.119 e. The van der Waals surface area contributed by atoms with E-state index >= 15 is 0 Å². The summed E-state index contributed by atoms with van der Waals surface area (Å²) < 4.78 is 5.71. The van der Waals surface area contributed by atoms with Crippen LogP contribution in [0.15, 0.2) is 66.7 Å². The van der Waals surface area contributed by atoms with Crippen LogP contribution in [0.1, 0.15) is 36.9 Å². The lowest BCUT2D eigenvalue weighted by molar-refractivity contribution is 0.312. The minimum Gasteiger partial charge on any atom is -0.494 e. The quantitative estimate of drug-likeness (QED) is 0.559. The summed E-state index contributed by atoms with van der Waals surface area (Å²) in [7, 11) is 0. The zero-order valence-corrected chi connectivity index (χ0v) is 15.1. The van der Waals surface area contributed by atoms with Crippen LogP contribution in [0.4, 0.5) is 0 Å². The molecule has 0 aliphatic rings. The third-order valence-corrected chi connectivity index (χ3v) is 4.49. The third-order valence-electron chi connectivity index (χ3n) is 4.49. The Morgan fingerprint density at radius 3 is 2.69 bits per heavy atom. The fourth-order valence-electron chi connectivity index (χ4n) is 2.95. The van der Waals surface area contributed by atoms with Crippen LogP contribution in [0, 0.1) is 11.3 Å². The highest BCUT2D eigenvalue weighted by Gasteiger charge is 2.06. The predicted octanol–water partition coefficient (Wildman–Crippen LogP) is 5.37. The minimum atomic E-state index is 0.264. The molecule has 1 atom stereocenters. The van der Waals surface area contributed by atoms with Gasteiger partial charge >= 0.3 is 0 Å². The van der Waals surface area contributed by atoms with Crippen molar-refractivity contribution in [3.63, 3.8) is 0 Å². The van der Waals surface area contributed by atoms with E-state index < -0.39 is 0 Å². The summed E-state index contributed by atoms with van der Waals surface area (Å²) in [6, 6.07) is 25.6. The van der Waals surface area contributed by atoms with Crippen LogP contribution < -0.4 is 10.1 Å². The summed E-state index contributed by atoms with van der Waals surface area (Å²) in [6.07, 6.45) is 1.29. The van der Waals surface area contributed by atoms with Gasteiger partial charge in [-0.2, -0.15) is 5.26 Å². The Hall–Kier alpha value is -2.83. The van der Waals surface area contributed by atoms with Gasteiger partial charge in [-0.05, 0) is 53.4 Å². The van der Waals surface area contributed by atoms with E-state index in [1.165, 1.54) is 21.9 Å². The van der Waals surface area contributed by atoms with E-state index in [-0.39, 0.29) is 6.04 Å². The van der Waals surface area contributed by atoms with Gasteiger partial charge < -0.3 is 10.1 Å². The molecule has 0 spiro atoms. The van der Waals surface area contributed by atoms with Crippen molar-refractivity contribution in [1.29, 1.82) is 5.26 Å². The second-order valence-corrected chi connectivity index (χ2v) is 6.47. The summed E-state index contributed by atoms with van der Waals surface area (Å²) in [5.41, 5.74) is 2.48. The van der Waals surface area contributed by atoms with Crippen molar-refractivity contribution in [2.45, 2.75) is 32.4 Å². The van der Waals surface area contributed by atoms with E-state index in [0.717, 1.165) is 18.7 Å². The Balaban J connectivity index is 1.58. The largest absolute Gasteiger partial charge is 0.494 e. The van der Waals surface area contributed by atoms with Crippen LogP contribution in [-0.2, 0) is 6.54 Å². The first-order chi connectivity index (χ1) is 12.8. The highest BCUT2D eigenvalue weighted by Crippen LogP contribution is 2.21. The molecule has 0 fully saturated rings. The van der Waals surface area contributed by atoms with Crippen molar-refractivity contribution in [3.05, 3.63) is 77.9 Å². The Labute approximate surface area is 155 Å². The molecule has 3 heteroatoms. The molecular formula is C23H24N2O. The summed E-state index contributed by atoms with van der Waals surface area (Å²) in [6.45, 7) is 3.55. The zero-order chi connectivity index (χ0) is 18.2. The van der Waals surface area contributed by atoms with Crippen LogP contribution in [0.5, 0.6) is 5.75 Å². The van der Waals surface area contributed by atoms with Crippen molar-refractivity contribution in [2.75, 3.05) is 6.61 Å². The number of nitriles is 1. The van der Waals surface area contributed by atoms with Crippen molar-refractivity contribution in [3.8, 4) is 11.8 Å². The van der Waals surface area contributed by atoms with E-state index in [9.17, 15) is 0 Å². The van der Waals surface area contributed by atoms with E-state index in [0.29, 0.717) is 13.0 Å². The molecule has 0 radical (unpaired) electrons. The molecule has 3 rings (SSSR count). The molecule has 26 heavy (non-hydrogen) atoms. The van der Waals surface area contributed by atoms with Crippen molar-refractivity contribution in [2.24, 2.45) is 0 Å². The van der Waals surface area contributed by atoms with Gasteiger partial charge in [0.1, 0.15) is 5.75 Å². The molecule has 1 N–H and O–H groups in total. The van der Waals surface area contributed by atoms with Crippen LogP contribution >= 0.6 is 0 Å². The lowest BCUT2D eigenvalue weighted by Gasteiger charge is -2.16. The first kappa shape index (κ1) is 18.0. The lowest BCUT2D eigenvalue weighted by atomic mass is 10.0. The van der Waals surface area contributed by atoms with Gasteiger partial charge in [-0.15, -0.1) is 0 Å². The van der Waals surface area contributed by atoms with Gasteiger partial charge in [-0.25, -0.2) is 0 Å². The standard InChI is InChI=1S/C23H24N2O/c1-18(21-12-11-20-8-2-3-9-22(20)16-21)25-17-19-7-6-10-23(15-19)26-14-5-4-13-24/h2-3,6-12,15-16,18,25H,4-5,14,17H2,1H3. The molecule has 3 nitrogen and oxygen atoms in total. The van der Waals surface area contributed by atoms with Crippen LogP contribution in [0.3, 0.4) is 0 Å². The maximum Gasteiger partial charge on any atom is 0.119 e. The number of nitrogens with one attached hydrogen (secondary N) is 1. The molecule has 0 saturated heterocycles. The number of hydrogen-bond acceptors (Lipinski definition) is 3. The normalized spacial score (nSPS) is 11.8. The van der Waals surface area contributed by atoms with Gasteiger partial charge in [0.15, 0.2) is 0 Å². The minimum absolute atomic E-state index is 0.264. The number of fused-ring (bicyclic) bond motifs is 1. The van der Waals surface area contributed by atoms with E-state index in [4.69, 9.17) is 10.00 Å². The number of benzene rings is 3. The zero-order valence-electron chi connectivity index (χ0n) is 15.1. The summed E-state index contributed by atoms with van der Waals surface area (Å²) in [5.74, 6) is 0.862. The van der Waals surface area contributed by atoms with Crippen molar-refractivity contribution < 1.29 is 4.74 Å². The third kappa shape index (κ3) is 4.84. The lowest BCUT2D eigenvalue weighted by Crippen LogP contribution is -2.18. The van der Waals surface area contributed by atoms with Crippen molar-refractivity contribution >= 4 is 10.8 Å². The van der Waals surface area contributed by atoms with Crippen molar-refractivity contribution in [1.82, 2.24) is 5.32 Å². The van der Waals surface area contributed by atoms with Crippen LogP contribution in [0.25, 0.3) is 10.8 Å². The summed E-state index contributed by atoms with van der Waals surface area (Å²) in [5, 5.41) is 14.7. The fourth-order valence-corrected chi connectivity index (χ4v) is 2.95. The van der Waals surface area contributed by atoms with Crippen LogP contribution in [-0.4, -0.2) is 6.61 Å². The molecule has 0 saturated carbocycles. The molecule has 0 heterocycles. The monoisotopic (exact) mass is 344 g/mol. The molecule has 0 amide bonds. The van der Waals surface area contributed by atoms with Gasteiger partial charge in [0.25, 0.3) is 0 Å². The second kappa shape index (κ2) is 9.03. The molecule has 0 aromatic heterocycles. The Morgan fingerprint density at radius 2 is 1.85 bits per heavy atom. The molecule has 0 aliphatic heterocycles. The maximum absolute atomic E-state index is 8.57. The average Bonchev–Trinajstić information content (AvgIpc) is 2.69. The van der Waals surface area contributed by atoms with Gasteiger partial charge in [0, 0.05) is 19.0 Å². The maximum atomic E-state index is 8.57. The second-order valence-electron chi connectivity index (χ2n) is 6.47. The molecule has 3 aromatic rings. The van der Waals surface area contributed by atoms with E-state index in [1.807, 2.05) is 12.1 Å². The number of ether oxygens (including phenoxy) is 1. The highest BCUT2D eigenvalue weighted by molar-refractivity contribution is 5.83. The number of nitrogens with zero attached hydrogens (tertiary/aromatic N) is 1. The topological polar surface area (TPSA) is 45.0 Å². The Morgan fingerprint density at radius 1 is 1.00 bits per heavy atom. The molecule has 0 aliphatic carbocycles. The van der Waals surface area contributed by atoms with E-state index in [2.05, 4.69) is 72.9 Å². The van der Waals surface area contributed by atoms with Gasteiger partial charge in [-0.1, -0.05) is 48.5 Å². The number of rotatable bonds is 8. The molecule has 1 unspecified atom stereocenters. The number of unbranched alkanes of at least 4 members (excludes halogenated alkanes) is 1. The van der Waals surface area contributed by atoms with Gasteiger partial charge in [0.05, 0.1) is 12.7 Å². The van der Waals surface area contributed by atoms with E-state index in [1.54, 1.807) is 0 Å². The Bertz CT molecular complexity index is 898. The molecule has 3 aromatic carbocycles. The SMILES string of the molecule is CC(NCc1cccc(OCCCC#N)c1)c1ccc2ccccc2c1. The predicted molar refractivity (Wildman–Crippen MR) is 106 cm³/mol. The first-order valence-electron chi connectivity index (χ1n) is 9.07. The molecular weight excluding hydrogens is 320 g/mol. The molecule has 0 bridgehead atoms. The first-order valence-corrected chi connectivity index (χ1v) is 9.07. The highest BCUT2D eigenvalue weighted by atomic mass is 16.5. The Kier molecular flexibility index (Phi) is 6.24. The summed E-state index contributed by atoms with van der Waals surface area (Å²) >= 11 is 0. The number of hydrogen-bond donors (Lipinski definition) is 1. The average molecular weight is 344 g/mol. The van der Waals surface area contributed by atoms with Gasteiger partial charge in [0.2, 0.25) is 0 Å². The van der Waals surface area contributed by atoms with Gasteiger partial charge in [-0.3, -0.25) is 0 Å².